The van der Waals surface area contributed by atoms with Crippen molar-refractivity contribution in [1.82, 2.24) is 4.72 Å². The molecule has 0 aliphatic heterocycles. The minimum absolute atomic E-state index is 0.0796. The van der Waals surface area contributed by atoms with Gasteiger partial charge >= 0.3 is 0 Å². The van der Waals surface area contributed by atoms with Gasteiger partial charge in [-0.1, -0.05) is 19.9 Å². The first kappa shape index (κ1) is 17.0. The Labute approximate surface area is 118 Å². The predicted octanol–water partition coefficient (Wildman–Crippen LogP) is 1.27. The minimum Gasteiger partial charge on any atom is -0.392 e. The van der Waals surface area contributed by atoms with Crippen LogP contribution in [0.2, 0.25) is 0 Å². The fourth-order valence-electron chi connectivity index (χ4n) is 1.51. The van der Waals surface area contributed by atoms with Crippen molar-refractivity contribution in [3.05, 3.63) is 29.6 Å². The highest BCUT2D eigenvalue weighted by molar-refractivity contribution is 7.89. The molecule has 0 unspecified atom stereocenters. The Bertz CT molecular complexity index is 531. The first-order valence-corrected chi connectivity index (χ1v) is 7.82. The van der Waals surface area contributed by atoms with Gasteiger partial charge in [0.25, 0.3) is 0 Å². The fraction of sp³-hybridized carbons (Fsp3) is 0.538. The number of benzene rings is 1. The van der Waals surface area contributed by atoms with E-state index in [2.05, 4.69) is 4.72 Å². The number of ether oxygens (including phenoxy) is 1. The third-order valence-electron chi connectivity index (χ3n) is 2.46. The van der Waals surface area contributed by atoms with Gasteiger partial charge in [-0.25, -0.2) is 17.5 Å². The zero-order valence-electron chi connectivity index (χ0n) is 11.6. The van der Waals surface area contributed by atoms with Crippen LogP contribution in [0.1, 0.15) is 19.4 Å². The van der Waals surface area contributed by atoms with Gasteiger partial charge in [0.15, 0.2) is 0 Å². The number of hydrogen-bond acceptors (Lipinski definition) is 4. The SMILES string of the molecule is CC(C)COCCNS(=O)(=O)c1ccc(CO)cc1F. The lowest BCUT2D eigenvalue weighted by molar-refractivity contribution is 0.114. The van der Waals surface area contributed by atoms with E-state index in [-0.39, 0.29) is 19.8 Å². The van der Waals surface area contributed by atoms with Gasteiger partial charge in [0.05, 0.1) is 13.2 Å². The molecule has 0 bridgehead atoms. The topological polar surface area (TPSA) is 75.6 Å². The lowest BCUT2D eigenvalue weighted by atomic mass is 10.2. The molecule has 0 saturated heterocycles. The molecular formula is C13H20FNO4S. The molecule has 1 rings (SSSR count). The summed E-state index contributed by atoms with van der Waals surface area (Å²) in [6, 6.07) is 3.51. The summed E-state index contributed by atoms with van der Waals surface area (Å²) >= 11 is 0. The molecule has 20 heavy (non-hydrogen) atoms. The Balaban J connectivity index is 2.60. The van der Waals surface area contributed by atoms with Crippen LogP contribution in [0.4, 0.5) is 4.39 Å². The maximum atomic E-state index is 13.7. The molecule has 0 aromatic heterocycles. The Morgan fingerprint density at radius 3 is 2.65 bits per heavy atom. The van der Waals surface area contributed by atoms with Crippen LogP contribution in [0.25, 0.3) is 0 Å². The van der Waals surface area contributed by atoms with E-state index in [1.807, 2.05) is 13.8 Å². The van der Waals surface area contributed by atoms with Gasteiger partial charge in [-0.2, -0.15) is 0 Å². The van der Waals surface area contributed by atoms with E-state index in [1.54, 1.807) is 0 Å². The molecule has 0 amide bonds. The van der Waals surface area contributed by atoms with Gasteiger partial charge in [-0.05, 0) is 23.6 Å². The first-order chi connectivity index (χ1) is 9.36. The zero-order chi connectivity index (χ0) is 15.2. The summed E-state index contributed by atoms with van der Waals surface area (Å²) in [6.45, 7) is 4.49. The maximum absolute atomic E-state index is 13.7. The number of rotatable bonds is 8. The van der Waals surface area contributed by atoms with Crippen LogP contribution in [0, 0.1) is 11.7 Å². The molecule has 114 valence electrons. The summed E-state index contributed by atoms with van der Waals surface area (Å²) in [5.41, 5.74) is 0.321. The summed E-state index contributed by atoms with van der Waals surface area (Å²) in [5.74, 6) is -0.512. The van der Waals surface area contributed by atoms with Crippen LogP contribution in [0.5, 0.6) is 0 Å². The second-order valence-electron chi connectivity index (χ2n) is 4.79. The molecule has 0 fully saturated rings. The average Bonchev–Trinajstić information content (AvgIpc) is 2.37. The van der Waals surface area contributed by atoms with Gasteiger partial charge in [0.1, 0.15) is 10.7 Å². The van der Waals surface area contributed by atoms with Crippen molar-refractivity contribution in [2.45, 2.75) is 25.3 Å². The second-order valence-corrected chi connectivity index (χ2v) is 6.52. The summed E-state index contributed by atoms with van der Waals surface area (Å²) in [7, 11) is -3.90. The minimum atomic E-state index is -3.90. The predicted molar refractivity (Wildman–Crippen MR) is 73.2 cm³/mol. The first-order valence-electron chi connectivity index (χ1n) is 6.33. The molecule has 1 aromatic carbocycles. The number of nitrogens with one attached hydrogen (secondary N) is 1. The van der Waals surface area contributed by atoms with Gasteiger partial charge in [-0.15, -0.1) is 0 Å². The Kier molecular flexibility index (Phi) is 6.54. The second kappa shape index (κ2) is 7.68. The molecule has 0 saturated carbocycles. The lowest BCUT2D eigenvalue weighted by Crippen LogP contribution is -2.28. The van der Waals surface area contributed by atoms with E-state index in [1.165, 1.54) is 6.07 Å². The van der Waals surface area contributed by atoms with Crippen LogP contribution in [0.3, 0.4) is 0 Å². The number of sulfonamides is 1. The van der Waals surface area contributed by atoms with Crippen molar-refractivity contribution < 1.29 is 22.7 Å². The third kappa shape index (κ3) is 5.16. The molecule has 5 nitrogen and oxygen atoms in total. The molecule has 0 radical (unpaired) electrons. The van der Waals surface area contributed by atoms with Gasteiger partial charge in [0.2, 0.25) is 10.0 Å². The van der Waals surface area contributed by atoms with Crippen molar-refractivity contribution in [3.8, 4) is 0 Å². The van der Waals surface area contributed by atoms with Crippen LogP contribution >= 0.6 is 0 Å². The Morgan fingerprint density at radius 1 is 1.40 bits per heavy atom. The molecule has 1 aromatic rings. The van der Waals surface area contributed by atoms with Crippen molar-refractivity contribution >= 4 is 10.0 Å². The molecule has 7 heteroatoms. The number of aliphatic hydroxyl groups excluding tert-OH is 1. The van der Waals surface area contributed by atoms with Crippen LogP contribution in [-0.2, 0) is 21.4 Å². The van der Waals surface area contributed by atoms with Gasteiger partial charge in [-0.3, -0.25) is 0 Å². The van der Waals surface area contributed by atoms with E-state index in [0.717, 1.165) is 12.1 Å². The van der Waals surface area contributed by atoms with E-state index in [4.69, 9.17) is 9.84 Å². The highest BCUT2D eigenvalue weighted by Gasteiger charge is 2.18. The Hall–Kier alpha value is -1.02. The van der Waals surface area contributed by atoms with E-state index in [9.17, 15) is 12.8 Å². The van der Waals surface area contributed by atoms with E-state index >= 15 is 0 Å². The summed E-state index contributed by atoms with van der Waals surface area (Å²) < 4.78 is 44.9. The van der Waals surface area contributed by atoms with Crippen molar-refractivity contribution in [2.75, 3.05) is 19.8 Å². The maximum Gasteiger partial charge on any atom is 0.243 e. The molecule has 0 atom stereocenters. The zero-order valence-corrected chi connectivity index (χ0v) is 12.4. The van der Waals surface area contributed by atoms with E-state index < -0.39 is 20.7 Å². The smallest absolute Gasteiger partial charge is 0.243 e. The Morgan fingerprint density at radius 2 is 2.10 bits per heavy atom. The number of aliphatic hydroxyl groups is 1. The lowest BCUT2D eigenvalue weighted by Gasteiger charge is -2.10. The van der Waals surface area contributed by atoms with Crippen molar-refractivity contribution in [3.63, 3.8) is 0 Å². The summed E-state index contributed by atoms with van der Waals surface area (Å²) in [6.07, 6.45) is 0. The van der Waals surface area contributed by atoms with Crippen LogP contribution in [-0.4, -0.2) is 33.3 Å². The monoisotopic (exact) mass is 305 g/mol. The molecule has 2 N–H and O–H groups in total. The third-order valence-corrected chi connectivity index (χ3v) is 3.95. The van der Waals surface area contributed by atoms with Crippen molar-refractivity contribution in [1.29, 1.82) is 0 Å². The summed E-state index contributed by atoms with van der Waals surface area (Å²) in [4.78, 5) is -0.432. The molecule has 0 aliphatic carbocycles. The molecular weight excluding hydrogens is 285 g/mol. The highest BCUT2D eigenvalue weighted by Crippen LogP contribution is 2.15. The van der Waals surface area contributed by atoms with Gasteiger partial charge in [0, 0.05) is 13.2 Å². The van der Waals surface area contributed by atoms with Crippen LogP contribution < -0.4 is 4.72 Å². The largest absolute Gasteiger partial charge is 0.392 e. The number of hydrogen-bond donors (Lipinski definition) is 2. The molecule has 0 heterocycles. The highest BCUT2D eigenvalue weighted by atomic mass is 32.2. The van der Waals surface area contributed by atoms with Crippen molar-refractivity contribution in [2.24, 2.45) is 5.92 Å². The molecule has 0 spiro atoms. The summed E-state index contributed by atoms with van der Waals surface area (Å²) in [5, 5.41) is 8.85. The van der Waals surface area contributed by atoms with E-state index in [0.29, 0.717) is 18.1 Å². The standard InChI is InChI=1S/C13H20FNO4S/c1-10(2)9-19-6-5-15-20(17,18)13-4-3-11(8-16)7-12(13)14/h3-4,7,10,15-16H,5-6,8-9H2,1-2H3. The number of halogens is 1. The molecule has 0 aliphatic rings. The fourth-order valence-corrected chi connectivity index (χ4v) is 2.58. The quantitative estimate of drug-likeness (QED) is 0.709. The normalized spacial score (nSPS) is 12.1. The van der Waals surface area contributed by atoms with Gasteiger partial charge < -0.3 is 9.84 Å². The average molecular weight is 305 g/mol. The van der Waals surface area contributed by atoms with Crippen LogP contribution in [0.15, 0.2) is 23.1 Å².